The molecule has 6 nitrogen and oxygen atoms in total. The number of methoxy groups -OCH3 is 1. The van der Waals surface area contributed by atoms with Gasteiger partial charge in [-0.15, -0.1) is 0 Å². The van der Waals surface area contributed by atoms with Gasteiger partial charge in [-0.3, -0.25) is 14.2 Å². The number of carbonyl (C=O) groups is 1. The monoisotopic (exact) mass is 445 g/mol. The second-order valence-corrected chi connectivity index (χ2v) is 8.23. The van der Waals surface area contributed by atoms with Gasteiger partial charge in [-0.1, -0.05) is 53.7 Å². The molecule has 0 saturated heterocycles. The van der Waals surface area contributed by atoms with E-state index in [0.717, 1.165) is 5.56 Å². The van der Waals surface area contributed by atoms with Crippen LogP contribution in [0, 0.1) is 0 Å². The molecule has 3 aromatic rings. The van der Waals surface area contributed by atoms with Crippen molar-refractivity contribution in [2.75, 3.05) is 19.5 Å². The molecule has 0 aliphatic carbocycles. The van der Waals surface area contributed by atoms with Crippen LogP contribution in [-0.4, -0.2) is 34.9 Å². The number of fused-ring (bicyclic) bond motifs is 1. The van der Waals surface area contributed by atoms with Gasteiger partial charge in [0.25, 0.3) is 5.56 Å². The zero-order chi connectivity index (χ0) is 21.5. The summed E-state index contributed by atoms with van der Waals surface area (Å²) in [6.07, 6.45) is 0.669. The molecule has 1 N–H and O–H groups in total. The SMILES string of the molecule is COCCCn1c(SCC(=O)NC(C)c2ccccc2)nc2cc(Cl)ccc2c1=O. The lowest BCUT2D eigenvalue weighted by atomic mass is 10.1. The van der Waals surface area contributed by atoms with Crippen molar-refractivity contribution in [1.29, 1.82) is 0 Å². The van der Waals surface area contributed by atoms with Crippen molar-refractivity contribution in [2.45, 2.75) is 31.1 Å². The molecule has 1 unspecified atom stereocenters. The highest BCUT2D eigenvalue weighted by molar-refractivity contribution is 7.99. The van der Waals surface area contributed by atoms with Crippen molar-refractivity contribution in [1.82, 2.24) is 14.9 Å². The third-order valence-electron chi connectivity index (χ3n) is 4.62. The number of rotatable bonds is 9. The lowest BCUT2D eigenvalue weighted by Gasteiger charge is -2.15. The smallest absolute Gasteiger partial charge is 0.262 e. The summed E-state index contributed by atoms with van der Waals surface area (Å²) in [7, 11) is 1.62. The molecule has 1 aromatic heterocycles. The van der Waals surface area contributed by atoms with E-state index in [1.54, 1.807) is 29.9 Å². The molecule has 0 saturated carbocycles. The minimum Gasteiger partial charge on any atom is -0.385 e. The number of hydrogen-bond donors (Lipinski definition) is 1. The van der Waals surface area contributed by atoms with Crippen molar-refractivity contribution in [3.8, 4) is 0 Å². The standard InChI is InChI=1S/C22H24ClN3O3S/c1-15(16-7-4-3-5-8-16)24-20(27)14-30-22-25-19-13-17(23)9-10-18(19)21(28)26(22)11-6-12-29-2/h3-5,7-10,13,15H,6,11-12,14H2,1-2H3,(H,24,27). The van der Waals surface area contributed by atoms with E-state index in [2.05, 4.69) is 10.3 Å². The Hall–Kier alpha value is -2.35. The second-order valence-electron chi connectivity index (χ2n) is 6.85. The highest BCUT2D eigenvalue weighted by atomic mass is 35.5. The molecule has 0 aliphatic heterocycles. The van der Waals surface area contributed by atoms with Gasteiger partial charge in [-0.2, -0.15) is 0 Å². The van der Waals surface area contributed by atoms with Crippen LogP contribution >= 0.6 is 23.4 Å². The number of hydrogen-bond acceptors (Lipinski definition) is 5. The molecular weight excluding hydrogens is 422 g/mol. The van der Waals surface area contributed by atoms with Crippen LogP contribution in [0.15, 0.2) is 58.5 Å². The molecule has 3 rings (SSSR count). The maximum absolute atomic E-state index is 13.0. The number of nitrogens with one attached hydrogen (secondary N) is 1. The van der Waals surface area contributed by atoms with Gasteiger partial charge >= 0.3 is 0 Å². The van der Waals surface area contributed by atoms with Crippen molar-refractivity contribution >= 4 is 40.2 Å². The zero-order valence-electron chi connectivity index (χ0n) is 16.9. The summed E-state index contributed by atoms with van der Waals surface area (Å²) in [5.41, 5.74) is 1.41. The number of thioether (sulfide) groups is 1. The van der Waals surface area contributed by atoms with Gasteiger partial charge in [-0.05, 0) is 37.1 Å². The first-order valence-electron chi connectivity index (χ1n) is 9.65. The Morgan fingerprint density at radius 3 is 2.77 bits per heavy atom. The first-order valence-corrected chi connectivity index (χ1v) is 11.0. The van der Waals surface area contributed by atoms with Crippen molar-refractivity contribution in [2.24, 2.45) is 0 Å². The lowest BCUT2D eigenvalue weighted by molar-refractivity contribution is -0.119. The van der Waals surface area contributed by atoms with Crippen LogP contribution in [0.5, 0.6) is 0 Å². The van der Waals surface area contributed by atoms with Crippen LogP contribution in [0.2, 0.25) is 5.02 Å². The zero-order valence-corrected chi connectivity index (χ0v) is 18.5. The van der Waals surface area contributed by atoms with Gasteiger partial charge < -0.3 is 10.1 Å². The fourth-order valence-electron chi connectivity index (χ4n) is 3.09. The molecule has 2 aromatic carbocycles. The van der Waals surface area contributed by atoms with Crippen LogP contribution in [0.3, 0.4) is 0 Å². The number of nitrogens with zero attached hydrogens (tertiary/aromatic N) is 2. The first-order chi connectivity index (χ1) is 14.5. The van der Waals surface area contributed by atoms with Crippen LogP contribution < -0.4 is 10.9 Å². The van der Waals surface area contributed by atoms with Gasteiger partial charge in [0.15, 0.2) is 5.16 Å². The van der Waals surface area contributed by atoms with E-state index in [4.69, 9.17) is 16.3 Å². The van der Waals surface area contributed by atoms with Crippen LogP contribution in [0.4, 0.5) is 0 Å². The minimum atomic E-state index is -0.145. The van der Waals surface area contributed by atoms with Gasteiger partial charge in [0.05, 0.1) is 22.7 Å². The number of aromatic nitrogens is 2. The predicted molar refractivity (Wildman–Crippen MR) is 121 cm³/mol. The highest BCUT2D eigenvalue weighted by Crippen LogP contribution is 2.21. The number of carbonyl (C=O) groups excluding carboxylic acids is 1. The number of halogens is 1. The molecular formula is C22H24ClN3O3S. The normalized spacial score (nSPS) is 12.1. The molecule has 0 fully saturated rings. The number of ether oxygens (including phenoxy) is 1. The molecule has 8 heteroatoms. The van der Waals surface area contributed by atoms with Crippen molar-refractivity contribution in [3.63, 3.8) is 0 Å². The van der Waals surface area contributed by atoms with Crippen LogP contribution in [0.25, 0.3) is 10.9 Å². The summed E-state index contributed by atoms with van der Waals surface area (Å²) >= 11 is 7.31. The average molecular weight is 446 g/mol. The van der Waals surface area contributed by atoms with Gasteiger partial charge in [-0.25, -0.2) is 4.98 Å². The summed E-state index contributed by atoms with van der Waals surface area (Å²) < 4.78 is 6.71. The Morgan fingerprint density at radius 2 is 2.03 bits per heavy atom. The topological polar surface area (TPSA) is 73.2 Å². The molecule has 0 spiro atoms. The van der Waals surface area contributed by atoms with E-state index in [-0.39, 0.29) is 23.3 Å². The summed E-state index contributed by atoms with van der Waals surface area (Å²) in [6.45, 7) is 2.93. The Kier molecular flexibility index (Phi) is 7.90. The summed E-state index contributed by atoms with van der Waals surface area (Å²) in [5.74, 6) is 0.0280. The molecule has 0 aliphatic rings. The summed E-state index contributed by atoms with van der Waals surface area (Å²) in [6, 6.07) is 14.7. The van der Waals surface area contributed by atoms with Gasteiger partial charge in [0.2, 0.25) is 5.91 Å². The Morgan fingerprint density at radius 1 is 1.27 bits per heavy atom. The molecule has 1 amide bonds. The van der Waals surface area contributed by atoms with Crippen LogP contribution in [0.1, 0.15) is 24.9 Å². The largest absolute Gasteiger partial charge is 0.385 e. The van der Waals surface area contributed by atoms with E-state index < -0.39 is 0 Å². The maximum atomic E-state index is 13.0. The Bertz CT molecular complexity index is 1070. The average Bonchev–Trinajstić information content (AvgIpc) is 2.74. The summed E-state index contributed by atoms with van der Waals surface area (Å²) in [5, 5.41) is 4.49. The number of amides is 1. The fraction of sp³-hybridized carbons (Fsp3) is 0.318. The summed E-state index contributed by atoms with van der Waals surface area (Å²) in [4.78, 5) is 30.1. The third kappa shape index (κ3) is 5.62. The van der Waals surface area contributed by atoms with Crippen LogP contribution in [-0.2, 0) is 16.1 Å². The van der Waals surface area contributed by atoms with E-state index in [1.165, 1.54) is 11.8 Å². The quantitative estimate of drug-likeness (QED) is 0.305. The van der Waals surface area contributed by atoms with Gasteiger partial charge in [0, 0.05) is 25.3 Å². The minimum absolute atomic E-state index is 0.105. The molecule has 0 radical (unpaired) electrons. The van der Waals surface area contributed by atoms with Gasteiger partial charge in [0.1, 0.15) is 0 Å². The Labute approximate surface area is 184 Å². The molecule has 30 heavy (non-hydrogen) atoms. The van der Waals surface area contributed by atoms with E-state index in [1.807, 2.05) is 37.3 Å². The van der Waals surface area contributed by atoms with E-state index in [0.29, 0.717) is 40.7 Å². The van der Waals surface area contributed by atoms with Crippen molar-refractivity contribution in [3.05, 3.63) is 69.5 Å². The maximum Gasteiger partial charge on any atom is 0.262 e. The Balaban J connectivity index is 1.78. The fourth-order valence-corrected chi connectivity index (χ4v) is 4.09. The highest BCUT2D eigenvalue weighted by Gasteiger charge is 2.15. The first kappa shape index (κ1) is 22.3. The van der Waals surface area contributed by atoms with E-state index >= 15 is 0 Å². The number of benzene rings is 2. The van der Waals surface area contributed by atoms with E-state index in [9.17, 15) is 9.59 Å². The third-order valence-corrected chi connectivity index (χ3v) is 5.83. The molecule has 158 valence electrons. The molecule has 0 bridgehead atoms. The second kappa shape index (κ2) is 10.6. The lowest BCUT2D eigenvalue weighted by Crippen LogP contribution is -2.29. The molecule has 1 atom stereocenters. The predicted octanol–water partition coefficient (Wildman–Crippen LogP) is 4.06. The molecule has 1 heterocycles. The van der Waals surface area contributed by atoms with Crippen molar-refractivity contribution < 1.29 is 9.53 Å².